The Bertz CT molecular complexity index is 999. The number of carbonyl (C=O) groups excluding carboxylic acids is 4. The number of hydrogen-bond acceptors (Lipinski definition) is 8. The van der Waals surface area contributed by atoms with Gasteiger partial charge in [-0.25, -0.2) is 4.79 Å². The summed E-state index contributed by atoms with van der Waals surface area (Å²) in [5.74, 6) is -4.95. The van der Waals surface area contributed by atoms with Crippen molar-refractivity contribution in [2.75, 3.05) is 6.54 Å². The van der Waals surface area contributed by atoms with E-state index in [9.17, 15) is 34.2 Å². The standard InChI is InChI=1S/C23H36N8O7/c1-12(32)18(21(36)29-15(22(37)38)8-5-9-28-23(26)27)31-20(35)16(10-13-6-3-2-4-7-13)30-19(34)14(24)11-17(25)33/h2-4,6-7,12,14-16,18,32H,5,8-11,24H2,1H3,(H2,25,33)(H,29,36)(H,30,34)(H,31,35)(H,37,38)(H4,26,27,28). The van der Waals surface area contributed by atoms with Crippen LogP contribution in [0.15, 0.2) is 35.3 Å². The Hall–Kier alpha value is -4.24. The molecular weight excluding hydrogens is 500 g/mol. The van der Waals surface area contributed by atoms with Crippen molar-refractivity contribution >= 4 is 35.6 Å². The second-order valence-electron chi connectivity index (χ2n) is 8.60. The highest BCUT2D eigenvalue weighted by Crippen LogP contribution is 2.07. The monoisotopic (exact) mass is 536 g/mol. The number of nitrogens with zero attached hydrogens (tertiary/aromatic N) is 1. The lowest BCUT2D eigenvalue weighted by Crippen LogP contribution is -2.60. The zero-order valence-electron chi connectivity index (χ0n) is 21.0. The molecule has 0 aromatic heterocycles. The molecular formula is C23H36N8O7. The topological polar surface area (TPSA) is 278 Å². The molecule has 0 aliphatic heterocycles. The molecule has 210 valence electrons. The van der Waals surface area contributed by atoms with Crippen LogP contribution in [-0.2, 0) is 30.4 Å². The summed E-state index contributed by atoms with van der Waals surface area (Å²) in [4.78, 5) is 64.9. The first-order chi connectivity index (χ1) is 17.8. The van der Waals surface area contributed by atoms with Crippen molar-refractivity contribution in [1.82, 2.24) is 16.0 Å². The van der Waals surface area contributed by atoms with Crippen LogP contribution >= 0.6 is 0 Å². The number of primary amides is 1. The fourth-order valence-electron chi connectivity index (χ4n) is 3.33. The van der Waals surface area contributed by atoms with Crippen LogP contribution in [0.25, 0.3) is 0 Å². The van der Waals surface area contributed by atoms with Crippen LogP contribution in [0.3, 0.4) is 0 Å². The van der Waals surface area contributed by atoms with Crippen molar-refractivity contribution in [2.24, 2.45) is 27.9 Å². The van der Waals surface area contributed by atoms with Crippen molar-refractivity contribution in [3.8, 4) is 0 Å². The lowest BCUT2D eigenvalue weighted by molar-refractivity contribution is -0.143. The number of carboxylic acids is 1. The van der Waals surface area contributed by atoms with Gasteiger partial charge in [-0.15, -0.1) is 0 Å². The van der Waals surface area contributed by atoms with Gasteiger partial charge in [-0.2, -0.15) is 0 Å². The summed E-state index contributed by atoms with van der Waals surface area (Å²) in [6, 6.07) is 3.12. The summed E-state index contributed by atoms with van der Waals surface area (Å²) in [5, 5.41) is 26.7. The first-order valence-electron chi connectivity index (χ1n) is 11.8. The van der Waals surface area contributed by atoms with E-state index in [1.807, 2.05) is 0 Å². The molecule has 15 heteroatoms. The van der Waals surface area contributed by atoms with Gasteiger partial charge in [-0.1, -0.05) is 30.3 Å². The minimum atomic E-state index is -1.56. The van der Waals surface area contributed by atoms with Gasteiger partial charge in [-0.3, -0.25) is 24.2 Å². The lowest BCUT2D eigenvalue weighted by atomic mass is 10.0. The number of nitrogens with one attached hydrogen (secondary N) is 3. The zero-order valence-corrected chi connectivity index (χ0v) is 21.0. The van der Waals surface area contributed by atoms with Crippen LogP contribution in [0.1, 0.15) is 31.7 Å². The number of carbonyl (C=O) groups is 5. The maximum atomic E-state index is 13.1. The lowest BCUT2D eigenvalue weighted by Gasteiger charge is -2.26. The Morgan fingerprint density at radius 2 is 1.53 bits per heavy atom. The number of aliphatic hydroxyl groups is 1. The minimum Gasteiger partial charge on any atom is -0.480 e. The van der Waals surface area contributed by atoms with Gasteiger partial charge in [0.2, 0.25) is 23.6 Å². The molecule has 1 rings (SSSR count). The van der Waals surface area contributed by atoms with Crippen molar-refractivity contribution in [1.29, 1.82) is 0 Å². The smallest absolute Gasteiger partial charge is 0.326 e. The fraction of sp³-hybridized carbons (Fsp3) is 0.478. The van der Waals surface area contributed by atoms with Gasteiger partial charge in [-0.05, 0) is 25.3 Å². The Kier molecular flexibility index (Phi) is 13.2. The molecule has 5 unspecified atom stereocenters. The number of aliphatic hydroxyl groups excluding tert-OH is 1. The molecule has 0 radical (unpaired) electrons. The van der Waals surface area contributed by atoms with Gasteiger partial charge in [0.15, 0.2) is 5.96 Å². The molecule has 15 nitrogen and oxygen atoms in total. The van der Waals surface area contributed by atoms with Gasteiger partial charge >= 0.3 is 5.97 Å². The zero-order chi connectivity index (χ0) is 28.8. The minimum absolute atomic E-state index is 0.0155. The van der Waals surface area contributed by atoms with Gasteiger partial charge in [0.1, 0.15) is 18.1 Å². The molecule has 13 N–H and O–H groups in total. The Morgan fingerprint density at radius 3 is 2.05 bits per heavy atom. The molecule has 0 fully saturated rings. The van der Waals surface area contributed by atoms with E-state index in [4.69, 9.17) is 22.9 Å². The van der Waals surface area contributed by atoms with Crippen LogP contribution < -0.4 is 38.9 Å². The van der Waals surface area contributed by atoms with Crippen LogP contribution in [-0.4, -0.2) is 82.6 Å². The highest BCUT2D eigenvalue weighted by molar-refractivity contribution is 5.95. The van der Waals surface area contributed by atoms with E-state index in [0.717, 1.165) is 0 Å². The van der Waals surface area contributed by atoms with Gasteiger partial charge in [0.25, 0.3) is 0 Å². The second-order valence-corrected chi connectivity index (χ2v) is 8.60. The number of carboxylic acid groups (broad SMARTS) is 1. The first kappa shape index (κ1) is 31.8. The third kappa shape index (κ3) is 11.7. The highest BCUT2D eigenvalue weighted by Gasteiger charge is 2.33. The molecule has 0 saturated heterocycles. The number of aliphatic imine (C=N–C) groups is 1. The summed E-state index contributed by atoms with van der Waals surface area (Å²) >= 11 is 0. The number of aliphatic carboxylic acids is 1. The molecule has 0 saturated carbocycles. The predicted octanol–water partition coefficient (Wildman–Crippen LogP) is -3.59. The summed E-state index contributed by atoms with van der Waals surface area (Å²) in [6.07, 6.45) is -1.69. The summed E-state index contributed by atoms with van der Waals surface area (Å²) < 4.78 is 0. The molecule has 0 heterocycles. The molecule has 1 aromatic carbocycles. The summed E-state index contributed by atoms with van der Waals surface area (Å²) in [7, 11) is 0. The van der Waals surface area contributed by atoms with Crippen LogP contribution in [0.5, 0.6) is 0 Å². The molecule has 0 spiro atoms. The largest absolute Gasteiger partial charge is 0.480 e. The molecule has 0 aliphatic carbocycles. The summed E-state index contributed by atoms with van der Waals surface area (Å²) in [6.45, 7) is 1.36. The van der Waals surface area contributed by atoms with Gasteiger partial charge in [0, 0.05) is 13.0 Å². The van der Waals surface area contributed by atoms with Crippen LogP contribution in [0, 0.1) is 0 Å². The third-order valence-electron chi connectivity index (χ3n) is 5.30. The van der Waals surface area contributed by atoms with Crippen molar-refractivity contribution in [3.05, 3.63) is 35.9 Å². The van der Waals surface area contributed by atoms with Crippen molar-refractivity contribution in [2.45, 2.75) is 62.9 Å². The van der Waals surface area contributed by atoms with Crippen molar-refractivity contribution < 1.29 is 34.2 Å². The van der Waals surface area contributed by atoms with E-state index < -0.39 is 66.3 Å². The van der Waals surface area contributed by atoms with Gasteiger partial charge in [0.05, 0.1) is 18.6 Å². The maximum Gasteiger partial charge on any atom is 0.326 e. The SMILES string of the molecule is CC(O)C(NC(=O)C(Cc1ccccc1)NC(=O)C(N)CC(N)=O)C(=O)NC(CCCN=C(N)N)C(=O)O. The van der Waals surface area contributed by atoms with Gasteiger partial charge < -0.3 is 49.1 Å². The highest BCUT2D eigenvalue weighted by atomic mass is 16.4. The normalized spacial score (nSPS) is 14.6. The molecule has 0 bridgehead atoms. The van der Waals surface area contributed by atoms with E-state index in [0.29, 0.717) is 5.56 Å². The van der Waals surface area contributed by atoms with E-state index in [1.165, 1.54) is 6.92 Å². The molecule has 1 aromatic rings. The Balaban J connectivity index is 3.02. The first-order valence-corrected chi connectivity index (χ1v) is 11.8. The number of benzene rings is 1. The quantitative estimate of drug-likeness (QED) is 0.0568. The van der Waals surface area contributed by atoms with Crippen LogP contribution in [0.4, 0.5) is 0 Å². The maximum absolute atomic E-state index is 13.1. The average Bonchev–Trinajstić information content (AvgIpc) is 2.83. The van der Waals surface area contributed by atoms with E-state index in [1.54, 1.807) is 30.3 Å². The second kappa shape index (κ2) is 15.8. The third-order valence-corrected chi connectivity index (χ3v) is 5.30. The molecule has 0 aliphatic rings. The average molecular weight is 537 g/mol. The number of hydrogen-bond donors (Lipinski definition) is 9. The number of guanidine groups is 1. The Morgan fingerprint density at radius 1 is 0.921 bits per heavy atom. The van der Waals surface area contributed by atoms with Crippen molar-refractivity contribution in [3.63, 3.8) is 0 Å². The van der Waals surface area contributed by atoms with E-state index in [-0.39, 0.29) is 31.8 Å². The predicted molar refractivity (Wildman–Crippen MR) is 137 cm³/mol. The molecule has 4 amide bonds. The molecule has 5 atom stereocenters. The van der Waals surface area contributed by atoms with E-state index in [2.05, 4.69) is 20.9 Å². The van der Waals surface area contributed by atoms with Crippen LogP contribution in [0.2, 0.25) is 0 Å². The fourth-order valence-corrected chi connectivity index (χ4v) is 3.33. The number of rotatable bonds is 16. The number of nitrogens with two attached hydrogens (primary N) is 4. The Labute approximate surface area is 219 Å². The molecule has 38 heavy (non-hydrogen) atoms. The van der Waals surface area contributed by atoms with E-state index >= 15 is 0 Å². The number of amides is 4. The summed E-state index contributed by atoms with van der Waals surface area (Å²) in [5.41, 5.74) is 21.9.